The van der Waals surface area contributed by atoms with E-state index in [2.05, 4.69) is 15.0 Å². The highest BCUT2D eigenvalue weighted by Crippen LogP contribution is 2.24. The molecule has 0 spiro atoms. The van der Waals surface area contributed by atoms with Crippen molar-refractivity contribution >= 4 is 27.3 Å². The lowest BCUT2D eigenvalue weighted by atomic mass is 10.2. The summed E-state index contributed by atoms with van der Waals surface area (Å²) in [5, 5.41) is 2.44. The van der Waals surface area contributed by atoms with Crippen molar-refractivity contribution in [3.8, 4) is 11.4 Å². The summed E-state index contributed by atoms with van der Waals surface area (Å²) in [5.74, 6) is -3.13. The summed E-state index contributed by atoms with van der Waals surface area (Å²) in [6, 6.07) is 5.23. The number of anilines is 2. The quantitative estimate of drug-likeness (QED) is 0.658. The molecule has 2 aromatic heterocycles. The van der Waals surface area contributed by atoms with Gasteiger partial charge in [0.2, 0.25) is 10.0 Å². The van der Waals surface area contributed by atoms with Crippen LogP contribution in [0.25, 0.3) is 11.4 Å². The number of aryl methyl sites for hydroxylation is 1. The van der Waals surface area contributed by atoms with Crippen LogP contribution < -0.4 is 10.0 Å². The summed E-state index contributed by atoms with van der Waals surface area (Å²) in [4.78, 5) is 16.2. The Balaban J connectivity index is 1.87. The molecule has 3 aromatic rings. The molecule has 0 saturated heterocycles. The first-order valence-electron chi connectivity index (χ1n) is 8.09. The van der Waals surface area contributed by atoms with E-state index in [4.69, 9.17) is 0 Å². The zero-order valence-electron chi connectivity index (χ0n) is 15.2. The summed E-state index contributed by atoms with van der Waals surface area (Å²) in [7, 11) is -2.08. The van der Waals surface area contributed by atoms with Crippen molar-refractivity contribution in [1.29, 1.82) is 0 Å². The number of nitrogens with zero attached hydrogens (tertiary/aromatic N) is 2. The van der Waals surface area contributed by atoms with Crippen LogP contribution in [0.3, 0.4) is 0 Å². The minimum Gasteiger partial charge on any atom is -0.348 e. The second kappa shape index (κ2) is 7.59. The average Bonchev–Trinajstić information content (AvgIpc) is 2.94. The lowest BCUT2D eigenvalue weighted by Crippen LogP contribution is -2.13. The summed E-state index contributed by atoms with van der Waals surface area (Å²) < 4.78 is 67.0. The van der Waals surface area contributed by atoms with Crippen molar-refractivity contribution in [3.05, 3.63) is 65.7 Å². The molecule has 0 aliphatic carbocycles. The number of carbonyl (C=O) groups is 1. The zero-order valence-corrected chi connectivity index (χ0v) is 16.0. The van der Waals surface area contributed by atoms with E-state index in [0.717, 1.165) is 24.6 Å². The summed E-state index contributed by atoms with van der Waals surface area (Å²) in [6.45, 7) is 0. The highest BCUT2D eigenvalue weighted by Gasteiger charge is 2.17. The molecule has 0 unspecified atom stereocenters. The fraction of sp³-hybridized carbons (Fsp3) is 0.111. The van der Waals surface area contributed by atoms with Gasteiger partial charge in [0.1, 0.15) is 17.3 Å². The van der Waals surface area contributed by atoms with Gasteiger partial charge < -0.3 is 9.88 Å². The Labute approximate surface area is 164 Å². The maximum Gasteiger partial charge on any atom is 0.257 e. The molecule has 1 amide bonds. The Morgan fingerprint density at radius 1 is 1.03 bits per heavy atom. The molecule has 0 bridgehead atoms. The molecule has 0 aliphatic heterocycles. The van der Waals surface area contributed by atoms with Gasteiger partial charge in [-0.2, -0.15) is 0 Å². The predicted molar refractivity (Wildman–Crippen MR) is 101 cm³/mol. The number of amides is 1. The van der Waals surface area contributed by atoms with Crippen LogP contribution in [0.2, 0.25) is 0 Å². The highest BCUT2D eigenvalue weighted by molar-refractivity contribution is 7.92. The van der Waals surface area contributed by atoms with Crippen LogP contribution in [-0.2, 0) is 17.1 Å². The van der Waals surface area contributed by atoms with E-state index in [0.29, 0.717) is 6.07 Å². The van der Waals surface area contributed by atoms with E-state index in [9.17, 15) is 26.4 Å². The first kappa shape index (κ1) is 20.4. The number of aromatic nitrogens is 2. The second-order valence-corrected chi connectivity index (χ2v) is 8.01. The van der Waals surface area contributed by atoms with Crippen molar-refractivity contribution in [1.82, 2.24) is 9.55 Å². The van der Waals surface area contributed by atoms with Gasteiger partial charge in [0, 0.05) is 25.0 Å². The lowest BCUT2D eigenvalue weighted by Gasteiger charge is -2.08. The number of halogens is 3. The maximum atomic E-state index is 14.0. The lowest BCUT2D eigenvalue weighted by molar-refractivity contribution is 0.102. The molecule has 2 N–H and O–H groups in total. The van der Waals surface area contributed by atoms with Crippen molar-refractivity contribution < 1.29 is 26.4 Å². The molecule has 1 aromatic carbocycles. The minimum absolute atomic E-state index is 0.0117. The topological polar surface area (TPSA) is 93.1 Å². The van der Waals surface area contributed by atoms with Gasteiger partial charge in [-0.25, -0.2) is 26.6 Å². The second-order valence-electron chi connectivity index (χ2n) is 6.27. The van der Waals surface area contributed by atoms with Gasteiger partial charge in [-0.1, -0.05) is 0 Å². The van der Waals surface area contributed by atoms with Crippen molar-refractivity contribution in [3.63, 3.8) is 0 Å². The molecule has 7 nitrogen and oxygen atoms in total. The van der Waals surface area contributed by atoms with Crippen LogP contribution >= 0.6 is 0 Å². The van der Waals surface area contributed by atoms with Gasteiger partial charge in [-0.3, -0.25) is 9.52 Å². The Morgan fingerprint density at radius 3 is 2.38 bits per heavy atom. The molecule has 11 heteroatoms. The van der Waals surface area contributed by atoms with E-state index >= 15 is 0 Å². The predicted octanol–water partition coefficient (Wildman–Crippen LogP) is 3.13. The number of hydrogen-bond donors (Lipinski definition) is 2. The van der Waals surface area contributed by atoms with Crippen molar-refractivity contribution in [2.75, 3.05) is 16.3 Å². The van der Waals surface area contributed by atoms with Gasteiger partial charge in [0.15, 0.2) is 5.82 Å². The highest BCUT2D eigenvalue weighted by atomic mass is 32.2. The Kier molecular flexibility index (Phi) is 5.33. The molecule has 0 fully saturated rings. The third-order valence-electron chi connectivity index (χ3n) is 3.78. The molecular weight excluding hydrogens is 409 g/mol. The number of hydrogen-bond acceptors (Lipinski definition) is 4. The van der Waals surface area contributed by atoms with Gasteiger partial charge in [0.25, 0.3) is 5.91 Å². The molecule has 0 radical (unpaired) electrons. The van der Waals surface area contributed by atoms with E-state index < -0.39 is 33.4 Å². The van der Waals surface area contributed by atoms with Gasteiger partial charge in [-0.15, -0.1) is 0 Å². The third kappa shape index (κ3) is 4.93. The molecule has 0 saturated carbocycles. The van der Waals surface area contributed by atoms with E-state index in [1.54, 1.807) is 7.05 Å². The van der Waals surface area contributed by atoms with E-state index in [1.807, 2.05) is 0 Å². The van der Waals surface area contributed by atoms with Gasteiger partial charge >= 0.3 is 0 Å². The molecular formula is C18H15F3N4O3S. The fourth-order valence-electron chi connectivity index (χ4n) is 2.67. The molecule has 152 valence electrons. The maximum absolute atomic E-state index is 14.0. The molecule has 0 atom stereocenters. The minimum atomic E-state index is -3.63. The van der Waals surface area contributed by atoms with Crippen LogP contribution in [0.5, 0.6) is 0 Å². The monoisotopic (exact) mass is 424 g/mol. The fourth-order valence-corrected chi connectivity index (χ4v) is 3.21. The molecule has 29 heavy (non-hydrogen) atoms. The van der Waals surface area contributed by atoms with Crippen LogP contribution in [0.15, 0.2) is 42.7 Å². The zero-order chi connectivity index (χ0) is 21.3. The number of benzene rings is 1. The van der Waals surface area contributed by atoms with Crippen LogP contribution in [-0.4, -0.2) is 30.1 Å². The standard InChI is InChI=1S/C18H15F3N4O3S/c1-25-9-10(3-16(25)17-15(21)6-12(20)8-22-17)18(26)23-13-4-11(19)5-14(7-13)24-29(2,27)28/h3-9,24H,1-2H3,(H,23,26). The summed E-state index contributed by atoms with van der Waals surface area (Å²) in [6.07, 6.45) is 3.16. The smallest absolute Gasteiger partial charge is 0.257 e. The van der Waals surface area contributed by atoms with Crippen molar-refractivity contribution in [2.24, 2.45) is 7.05 Å². The third-order valence-corrected chi connectivity index (χ3v) is 4.38. The Hall–Kier alpha value is -3.34. The number of pyridine rings is 1. The van der Waals surface area contributed by atoms with E-state index in [1.165, 1.54) is 22.9 Å². The molecule has 0 aliphatic rings. The number of nitrogens with one attached hydrogen (secondary N) is 2. The van der Waals surface area contributed by atoms with Gasteiger partial charge in [0.05, 0.1) is 29.4 Å². The van der Waals surface area contributed by atoms with E-state index in [-0.39, 0.29) is 28.3 Å². The Morgan fingerprint density at radius 2 is 1.72 bits per heavy atom. The summed E-state index contributed by atoms with van der Waals surface area (Å²) in [5.41, 5.74) is 0.145. The number of rotatable bonds is 5. The van der Waals surface area contributed by atoms with Crippen LogP contribution in [0, 0.1) is 17.5 Å². The first-order valence-corrected chi connectivity index (χ1v) is 9.98. The van der Waals surface area contributed by atoms with Crippen LogP contribution in [0.4, 0.5) is 24.5 Å². The number of carbonyl (C=O) groups excluding carboxylic acids is 1. The normalized spacial score (nSPS) is 11.3. The van der Waals surface area contributed by atoms with Gasteiger partial charge in [-0.05, 0) is 24.3 Å². The number of sulfonamides is 1. The van der Waals surface area contributed by atoms with Crippen LogP contribution in [0.1, 0.15) is 10.4 Å². The Bertz CT molecular complexity index is 1210. The van der Waals surface area contributed by atoms with Crippen molar-refractivity contribution in [2.45, 2.75) is 0 Å². The average molecular weight is 424 g/mol. The largest absolute Gasteiger partial charge is 0.348 e. The SMILES string of the molecule is Cn1cc(C(=O)Nc2cc(F)cc(NS(C)(=O)=O)c2)cc1-c1ncc(F)cc1F. The molecule has 2 heterocycles. The first-order chi connectivity index (χ1) is 13.5. The molecule has 3 rings (SSSR count). The summed E-state index contributed by atoms with van der Waals surface area (Å²) >= 11 is 0.